The summed E-state index contributed by atoms with van der Waals surface area (Å²) in [7, 11) is 4.04. The molecule has 0 spiro atoms. The Morgan fingerprint density at radius 3 is 2.02 bits per heavy atom. The molecule has 5 rings (SSSR count). The zero-order valence-corrected chi connectivity index (χ0v) is 24.6. The second-order valence-electron chi connectivity index (χ2n) is 11.3. The first-order valence-electron chi connectivity index (χ1n) is 14.7. The molecule has 1 fully saturated rings. The lowest BCUT2D eigenvalue weighted by atomic mass is 9.88. The van der Waals surface area contributed by atoms with Crippen molar-refractivity contribution >= 4 is 34.8 Å². The van der Waals surface area contributed by atoms with Gasteiger partial charge in [-0.25, -0.2) is 4.79 Å². The number of carbonyl (C=O) groups is 3. The first-order valence-corrected chi connectivity index (χ1v) is 14.7. The highest BCUT2D eigenvalue weighted by Crippen LogP contribution is 2.30. The highest BCUT2D eigenvalue weighted by Gasteiger charge is 2.27. The van der Waals surface area contributed by atoms with Gasteiger partial charge in [-0.05, 0) is 78.1 Å². The Morgan fingerprint density at radius 1 is 0.744 bits per heavy atom. The quantitative estimate of drug-likeness (QED) is 0.216. The molecular weight excluding hydrogens is 538 g/mol. The van der Waals surface area contributed by atoms with Crippen LogP contribution in [0, 0.1) is 5.92 Å². The number of hydrogen-bond donors (Lipinski definition) is 2. The van der Waals surface area contributed by atoms with E-state index in [-0.39, 0.29) is 23.3 Å². The monoisotopic (exact) mass is 575 g/mol. The molecule has 1 saturated carbocycles. The Bertz CT molecular complexity index is 1590. The summed E-state index contributed by atoms with van der Waals surface area (Å²) in [5.74, 6) is -1.40. The summed E-state index contributed by atoms with van der Waals surface area (Å²) in [6, 6.07) is 29.9. The van der Waals surface area contributed by atoms with Crippen molar-refractivity contribution < 1.29 is 19.5 Å². The van der Waals surface area contributed by atoms with Crippen LogP contribution in [-0.4, -0.2) is 37.0 Å². The Hall–Kier alpha value is -4.91. The fraction of sp³-hybridized carbons (Fsp3) is 0.250. The maximum Gasteiger partial charge on any atom is 0.335 e. The number of nitrogens with one attached hydrogen (secondary N) is 1. The minimum Gasteiger partial charge on any atom is -0.478 e. The summed E-state index contributed by atoms with van der Waals surface area (Å²) < 4.78 is 0. The molecule has 0 saturated heterocycles. The van der Waals surface area contributed by atoms with Gasteiger partial charge >= 0.3 is 5.97 Å². The van der Waals surface area contributed by atoms with Gasteiger partial charge in [0, 0.05) is 42.6 Å². The molecule has 7 heteroatoms. The third-order valence-corrected chi connectivity index (χ3v) is 8.02. The van der Waals surface area contributed by atoms with Crippen LogP contribution in [0.25, 0.3) is 11.1 Å². The van der Waals surface area contributed by atoms with Crippen molar-refractivity contribution in [3.05, 3.63) is 114 Å². The lowest BCUT2D eigenvalue weighted by molar-refractivity contribution is -0.123. The van der Waals surface area contributed by atoms with E-state index in [0.717, 1.165) is 54.5 Å². The van der Waals surface area contributed by atoms with Crippen molar-refractivity contribution in [3.8, 4) is 11.1 Å². The van der Waals surface area contributed by atoms with Crippen LogP contribution >= 0.6 is 0 Å². The zero-order valence-electron chi connectivity index (χ0n) is 24.6. The molecule has 0 aliphatic heterocycles. The first kappa shape index (κ1) is 29.6. The van der Waals surface area contributed by atoms with E-state index >= 15 is 0 Å². The van der Waals surface area contributed by atoms with Crippen molar-refractivity contribution in [2.24, 2.45) is 5.92 Å². The number of amides is 2. The molecule has 0 atom stereocenters. The predicted molar refractivity (Wildman–Crippen MR) is 172 cm³/mol. The Labute approximate surface area is 252 Å². The molecule has 0 radical (unpaired) electrons. The van der Waals surface area contributed by atoms with E-state index in [9.17, 15) is 19.5 Å². The molecule has 1 aliphatic carbocycles. The summed E-state index contributed by atoms with van der Waals surface area (Å²) in [4.78, 5) is 42.3. The number of carboxylic acid groups (broad SMARTS) is 1. The molecule has 2 amide bonds. The van der Waals surface area contributed by atoms with Crippen LogP contribution in [0.5, 0.6) is 0 Å². The molecule has 0 aromatic heterocycles. The molecule has 4 aromatic carbocycles. The van der Waals surface area contributed by atoms with E-state index in [2.05, 4.69) is 58.7 Å². The summed E-state index contributed by atoms with van der Waals surface area (Å²) in [6.45, 7) is 0.390. The van der Waals surface area contributed by atoms with E-state index in [1.807, 2.05) is 20.2 Å². The van der Waals surface area contributed by atoms with Crippen LogP contribution in [-0.2, 0) is 11.3 Å². The SMILES string of the molecule is CN(C)c1ccc(-c2ccc(CN(C(=O)C3CCCCC3)c3cccc(C(=O)Nc4cccc(C(=O)O)c4)c3)cc2)cc1. The largest absolute Gasteiger partial charge is 0.478 e. The second kappa shape index (κ2) is 13.4. The van der Waals surface area contributed by atoms with Gasteiger partial charge in [-0.3, -0.25) is 9.59 Å². The number of nitrogens with zero attached hydrogens (tertiary/aromatic N) is 2. The van der Waals surface area contributed by atoms with Crippen LogP contribution in [0.3, 0.4) is 0 Å². The predicted octanol–water partition coefficient (Wildman–Crippen LogP) is 7.48. The molecule has 4 aromatic rings. The fourth-order valence-electron chi connectivity index (χ4n) is 5.55. The average Bonchev–Trinajstić information content (AvgIpc) is 3.04. The van der Waals surface area contributed by atoms with Crippen molar-refractivity contribution in [2.45, 2.75) is 38.6 Å². The fourth-order valence-corrected chi connectivity index (χ4v) is 5.55. The number of aromatic carboxylic acids is 1. The first-order chi connectivity index (χ1) is 20.8. The van der Waals surface area contributed by atoms with E-state index in [1.54, 1.807) is 35.2 Å². The Morgan fingerprint density at radius 2 is 1.37 bits per heavy atom. The van der Waals surface area contributed by atoms with E-state index < -0.39 is 5.97 Å². The third kappa shape index (κ3) is 7.30. The maximum absolute atomic E-state index is 13.9. The van der Waals surface area contributed by atoms with Gasteiger partial charge < -0.3 is 20.2 Å². The van der Waals surface area contributed by atoms with Gasteiger partial charge in [0.25, 0.3) is 5.91 Å². The molecule has 0 unspecified atom stereocenters. The summed E-state index contributed by atoms with van der Waals surface area (Å²) in [5, 5.41) is 12.1. The summed E-state index contributed by atoms with van der Waals surface area (Å²) >= 11 is 0. The molecule has 0 heterocycles. The highest BCUT2D eigenvalue weighted by atomic mass is 16.4. The number of anilines is 3. The molecule has 0 bridgehead atoms. The maximum atomic E-state index is 13.9. The third-order valence-electron chi connectivity index (χ3n) is 8.02. The van der Waals surface area contributed by atoms with E-state index in [4.69, 9.17) is 0 Å². The summed E-state index contributed by atoms with van der Waals surface area (Å²) in [6.07, 6.45) is 4.99. The second-order valence-corrected chi connectivity index (χ2v) is 11.3. The van der Waals surface area contributed by atoms with Gasteiger partial charge in [-0.2, -0.15) is 0 Å². The molecule has 220 valence electrons. The molecule has 1 aliphatic rings. The van der Waals surface area contributed by atoms with Gasteiger partial charge in [0.15, 0.2) is 0 Å². The number of hydrogen-bond acceptors (Lipinski definition) is 4. The molecule has 2 N–H and O–H groups in total. The van der Waals surface area contributed by atoms with Crippen molar-refractivity contribution in [3.63, 3.8) is 0 Å². The van der Waals surface area contributed by atoms with Crippen molar-refractivity contribution in [1.82, 2.24) is 0 Å². The van der Waals surface area contributed by atoms with Crippen LogP contribution in [0.15, 0.2) is 97.1 Å². The molecular formula is C36H37N3O4. The van der Waals surface area contributed by atoms with Gasteiger partial charge in [-0.15, -0.1) is 0 Å². The Balaban J connectivity index is 1.39. The number of rotatable bonds is 9. The number of benzene rings is 4. The van der Waals surface area contributed by atoms with Crippen LogP contribution in [0.1, 0.15) is 58.4 Å². The van der Waals surface area contributed by atoms with Gasteiger partial charge in [0.1, 0.15) is 0 Å². The van der Waals surface area contributed by atoms with Gasteiger partial charge in [0.05, 0.1) is 12.1 Å². The molecule has 7 nitrogen and oxygen atoms in total. The van der Waals surface area contributed by atoms with E-state index in [0.29, 0.717) is 23.5 Å². The van der Waals surface area contributed by atoms with Crippen LogP contribution < -0.4 is 15.1 Å². The normalized spacial score (nSPS) is 13.3. The minimum atomic E-state index is -1.06. The topological polar surface area (TPSA) is 90.0 Å². The standard InChI is InChI=1S/C36H37N3O4/c1-38(2)32-20-18-27(19-21-32)26-16-14-25(15-17-26)24-39(35(41)28-8-4-3-5-9-28)33-13-7-10-29(23-33)34(40)37-31-12-6-11-30(22-31)36(42)43/h6-7,10-23,28H,3-5,8-9,24H2,1-2H3,(H,37,40)(H,42,43). The lowest BCUT2D eigenvalue weighted by Crippen LogP contribution is -2.36. The van der Waals surface area contributed by atoms with E-state index in [1.165, 1.54) is 12.1 Å². The van der Waals surface area contributed by atoms with Crippen LogP contribution in [0.4, 0.5) is 17.1 Å². The Kier molecular flexibility index (Phi) is 9.20. The van der Waals surface area contributed by atoms with Gasteiger partial charge in [-0.1, -0.05) is 67.8 Å². The van der Waals surface area contributed by atoms with Gasteiger partial charge in [0.2, 0.25) is 5.91 Å². The zero-order chi connectivity index (χ0) is 30.3. The van der Waals surface area contributed by atoms with Crippen molar-refractivity contribution in [1.29, 1.82) is 0 Å². The number of carboxylic acids is 1. The molecule has 43 heavy (non-hydrogen) atoms. The highest BCUT2D eigenvalue weighted by molar-refractivity contribution is 6.06. The smallest absolute Gasteiger partial charge is 0.335 e. The van der Waals surface area contributed by atoms with Crippen molar-refractivity contribution in [2.75, 3.05) is 29.2 Å². The minimum absolute atomic E-state index is 0.0422. The average molecular weight is 576 g/mol. The van der Waals surface area contributed by atoms with Crippen LogP contribution in [0.2, 0.25) is 0 Å². The summed E-state index contributed by atoms with van der Waals surface area (Å²) in [5.41, 5.74) is 5.89. The lowest BCUT2D eigenvalue weighted by Gasteiger charge is -2.30. The number of carbonyl (C=O) groups excluding carboxylic acids is 2.